The van der Waals surface area contributed by atoms with E-state index in [2.05, 4.69) is 5.32 Å². The van der Waals surface area contributed by atoms with Gasteiger partial charge in [-0.1, -0.05) is 37.1 Å². The fraction of sp³-hybridized carbons (Fsp3) is 0.500. The van der Waals surface area contributed by atoms with Crippen molar-refractivity contribution in [2.75, 3.05) is 31.5 Å². The van der Waals surface area contributed by atoms with Gasteiger partial charge in [0.2, 0.25) is 5.91 Å². The molecule has 0 atom stereocenters. The molecule has 2 fully saturated rings. The van der Waals surface area contributed by atoms with Crippen molar-refractivity contribution in [2.24, 2.45) is 5.92 Å². The van der Waals surface area contributed by atoms with Crippen LogP contribution in [0.3, 0.4) is 0 Å². The molecule has 1 aliphatic carbocycles. The Morgan fingerprint density at radius 1 is 0.909 bits per heavy atom. The van der Waals surface area contributed by atoms with E-state index in [4.69, 9.17) is 4.74 Å². The average Bonchev–Trinajstić information content (AvgIpc) is 3.31. The second kappa shape index (κ2) is 9.41. The van der Waals surface area contributed by atoms with Crippen LogP contribution >= 0.6 is 0 Å². The van der Waals surface area contributed by atoms with E-state index < -0.39 is 11.7 Å². The lowest BCUT2D eigenvalue weighted by Crippen LogP contribution is -2.51. The molecule has 0 radical (unpaired) electrons. The zero-order chi connectivity index (χ0) is 23.6. The van der Waals surface area contributed by atoms with E-state index in [1.54, 1.807) is 25.7 Å². The highest BCUT2D eigenvalue weighted by Crippen LogP contribution is 2.29. The zero-order valence-electron chi connectivity index (χ0n) is 19.7. The van der Waals surface area contributed by atoms with Crippen molar-refractivity contribution in [1.82, 2.24) is 9.80 Å². The summed E-state index contributed by atoms with van der Waals surface area (Å²) in [6.45, 7) is 7.45. The Bertz CT molecular complexity index is 1050. The maximum atomic E-state index is 13.5. The van der Waals surface area contributed by atoms with Crippen molar-refractivity contribution in [3.8, 4) is 0 Å². The van der Waals surface area contributed by atoms with Crippen LogP contribution in [0.1, 0.15) is 56.8 Å². The maximum absolute atomic E-state index is 13.5. The van der Waals surface area contributed by atoms with Gasteiger partial charge in [-0.25, -0.2) is 4.79 Å². The molecule has 4 rings (SSSR count). The smallest absolute Gasteiger partial charge is 0.412 e. The van der Waals surface area contributed by atoms with Gasteiger partial charge >= 0.3 is 6.09 Å². The molecule has 1 N–H and O–H groups in total. The number of benzene rings is 2. The number of rotatable bonds is 3. The third kappa shape index (κ3) is 5.46. The molecule has 0 spiro atoms. The Morgan fingerprint density at radius 2 is 1.48 bits per heavy atom. The van der Waals surface area contributed by atoms with E-state index >= 15 is 0 Å². The van der Waals surface area contributed by atoms with Gasteiger partial charge in [0.1, 0.15) is 5.60 Å². The summed E-state index contributed by atoms with van der Waals surface area (Å²) in [6.07, 6.45) is 3.62. The van der Waals surface area contributed by atoms with E-state index in [9.17, 15) is 14.4 Å². The Kier molecular flexibility index (Phi) is 6.58. The highest BCUT2D eigenvalue weighted by Gasteiger charge is 2.31. The van der Waals surface area contributed by atoms with Crippen molar-refractivity contribution in [2.45, 2.75) is 52.1 Å². The second-order valence-electron chi connectivity index (χ2n) is 9.97. The number of fused-ring (bicyclic) bond motifs is 1. The van der Waals surface area contributed by atoms with Crippen molar-refractivity contribution < 1.29 is 19.1 Å². The lowest BCUT2D eigenvalue weighted by molar-refractivity contribution is -0.136. The predicted molar refractivity (Wildman–Crippen MR) is 128 cm³/mol. The van der Waals surface area contributed by atoms with Crippen molar-refractivity contribution >= 4 is 34.4 Å². The van der Waals surface area contributed by atoms with Crippen molar-refractivity contribution in [3.63, 3.8) is 0 Å². The summed E-state index contributed by atoms with van der Waals surface area (Å²) in [4.78, 5) is 42.4. The molecule has 7 heteroatoms. The lowest BCUT2D eigenvalue weighted by Gasteiger charge is -2.36. The van der Waals surface area contributed by atoms with Crippen LogP contribution in [0.5, 0.6) is 0 Å². The molecule has 0 aromatic heterocycles. The molecule has 1 saturated heterocycles. The predicted octanol–water partition coefficient (Wildman–Crippen LogP) is 4.66. The Hall–Kier alpha value is -3.09. The van der Waals surface area contributed by atoms with Crippen LogP contribution in [-0.4, -0.2) is 59.5 Å². The van der Waals surface area contributed by atoms with Gasteiger partial charge in [0.25, 0.3) is 5.91 Å². The van der Waals surface area contributed by atoms with Crippen LogP contribution in [0.4, 0.5) is 10.5 Å². The molecule has 0 bridgehead atoms. The van der Waals surface area contributed by atoms with Crippen LogP contribution < -0.4 is 5.32 Å². The van der Waals surface area contributed by atoms with E-state index in [-0.39, 0.29) is 17.7 Å². The minimum atomic E-state index is -0.646. The van der Waals surface area contributed by atoms with Gasteiger partial charge in [0, 0.05) is 32.1 Å². The molecule has 2 aromatic rings. The lowest BCUT2D eigenvalue weighted by atomic mass is 10.0. The van der Waals surface area contributed by atoms with E-state index in [0.29, 0.717) is 37.4 Å². The molecular formula is C26H33N3O4. The molecule has 176 valence electrons. The topological polar surface area (TPSA) is 79.0 Å². The summed E-state index contributed by atoms with van der Waals surface area (Å²) >= 11 is 0. The van der Waals surface area contributed by atoms with Crippen LogP contribution in [0.25, 0.3) is 10.8 Å². The number of carbonyl (C=O) groups excluding carboxylic acids is 3. The van der Waals surface area contributed by atoms with Gasteiger partial charge in [-0.2, -0.15) is 0 Å². The number of piperazine rings is 1. The third-order valence-corrected chi connectivity index (χ3v) is 6.33. The van der Waals surface area contributed by atoms with Gasteiger partial charge in [-0.3, -0.25) is 14.9 Å². The number of carbonyl (C=O) groups is 3. The van der Waals surface area contributed by atoms with Crippen LogP contribution in [-0.2, 0) is 9.53 Å². The summed E-state index contributed by atoms with van der Waals surface area (Å²) in [5.74, 6) is 0.231. The molecule has 7 nitrogen and oxygen atoms in total. The second-order valence-corrected chi connectivity index (χ2v) is 9.97. The summed E-state index contributed by atoms with van der Waals surface area (Å²) < 4.78 is 5.40. The minimum Gasteiger partial charge on any atom is -0.444 e. The highest BCUT2D eigenvalue weighted by atomic mass is 16.6. The van der Waals surface area contributed by atoms with Gasteiger partial charge in [0.05, 0.1) is 11.3 Å². The first-order valence-electron chi connectivity index (χ1n) is 11.8. The maximum Gasteiger partial charge on any atom is 0.412 e. The van der Waals surface area contributed by atoms with Crippen molar-refractivity contribution in [3.05, 3.63) is 42.0 Å². The molecule has 33 heavy (non-hydrogen) atoms. The summed E-state index contributed by atoms with van der Waals surface area (Å²) in [6, 6.07) is 11.4. The zero-order valence-corrected chi connectivity index (χ0v) is 19.7. The molecule has 1 heterocycles. The van der Waals surface area contributed by atoms with Gasteiger partial charge in [-0.05, 0) is 56.5 Å². The number of amides is 3. The molecular weight excluding hydrogens is 418 g/mol. The Morgan fingerprint density at radius 3 is 2.09 bits per heavy atom. The standard InChI is InChI=1S/C26H33N3O4/c1-26(2,3)33-25(32)27-22-17-20-11-7-6-10-19(20)16-21(22)24(31)29-14-12-28(13-15-29)23(30)18-8-4-5-9-18/h6-7,10-11,16-18H,4-5,8-9,12-15H2,1-3H3,(H,27,32). The molecule has 1 saturated carbocycles. The first-order valence-corrected chi connectivity index (χ1v) is 11.8. The average molecular weight is 452 g/mol. The molecule has 3 amide bonds. The number of ether oxygens (including phenoxy) is 1. The number of nitrogens with one attached hydrogen (secondary N) is 1. The number of hydrogen-bond donors (Lipinski definition) is 1. The summed E-state index contributed by atoms with van der Waals surface area (Å²) in [5, 5.41) is 4.62. The van der Waals surface area contributed by atoms with Crippen LogP contribution in [0.2, 0.25) is 0 Å². The van der Waals surface area contributed by atoms with Crippen LogP contribution in [0.15, 0.2) is 36.4 Å². The first kappa shape index (κ1) is 23.1. The van der Waals surface area contributed by atoms with E-state index in [0.717, 1.165) is 36.5 Å². The normalized spacial score (nSPS) is 17.3. The SMILES string of the molecule is CC(C)(C)OC(=O)Nc1cc2ccccc2cc1C(=O)N1CCN(C(=O)C2CCCC2)CC1. The third-order valence-electron chi connectivity index (χ3n) is 6.33. The van der Waals surface area contributed by atoms with Gasteiger partial charge in [-0.15, -0.1) is 0 Å². The molecule has 1 aliphatic heterocycles. The Labute approximate surface area is 195 Å². The van der Waals surface area contributed by atoms with Gasteiger partial charge < -0.3 is 14.5 Å². The van der Waals surface area contributed by atoms with E-state index in [1.165, 1.54) is 0 Å². The fourth-order valence-corrected chi connectivity index (χ4v) is 4.67. The monoisotopic (exact) mass is 451 g/mol. The molecule has 2 aliphatic rings. The van der Waals surface area contributed by atoms with Crippen LogP contribution in [0, 0.1) is 5.92 Å². The van der Waals surface area contributed by atoms with Crippen molar-refractivity contribution in [1.29, 1.82) is 0 Å². The number of hydrogen-bond acceptors (Lipinski definition) is 4. The fourth-order valence-electron chi connectivity index (χ4n) is 4.67. The largest absolute Gasteiger partial charge is 0.444 e. The number of nitrogens with zero attached hydrogens (tertiary/aromatic N) is 2. The van der Waals surface area contributed by atoms with E-state index in [1.807, 2.05) is 41.3 Å². The molecule has 2 aromatic carbocycles. The van der Waals surface area contributed by atoms with Gasteiger partial charge in [0.15, 0.2) is 0 Å². The quantitative estimate of drug-likeness (QED) is 0.736. The number of anilines is 1. The first-order chi connectivity index (χ1) is 15.7. The minimum absolute atomic E-state index is 0.150. The summed E-state index contributed by atoms with van der Waals surface area (Å²) in [7, 11) is 0. The highest BCUT2D eigenvalue weighted by molar-refractivity contribution is 6.07. The summed E-state index contributed by atoms with van der Waals surface area (Å²) in [5.41, 5.74) is 0.209. The molecule has 0 unspecified atom stereocenters. The Balaban J connectivity index is 1.52.